The number of aromatic nitrogens is 4. The fraction of sp³-hybridized carbons (Fsp3) is 0.0476. The summed E-state index contributed by atoms with van der Waals surface area (Å²) in [5.41, 5.74) is 3.12. The van der Waals surface area contributed by atoms with Crippen LogP contribution in [0.4, 0.5) is 5.69 Å². The van der Waals surface area contributed by atoms with Gasteiger partial charge in [0.05, 0.1) is 5.69 Å². The van der Waals surface area contributed by atoms with Crippen molar-refractivity contribution in [3.63, 3.8) is 0 Å². The Morgan fingerprint density at radius 3 is 2.36 bits per heavy atom. The quantitative estimate of drug-likeness (QED) is 0.561. The second-order valence-electron chi connectivity index (χ2n) is 6.05. The van der Waals surface area contributed by atoms with Crippen molar-refractivity contribution in [1.82, 2.24) is 20.2 Å². The number of hydrogen-bond acceptors (Lipinski definition) is 5. The third kappa shape index (κ3) is 4.21. The van der Waals surface area contributed by atoms with Crippen molar-refractivity contribution in [2.75, 3.05) is 5.32 Å². The molecule has 7 nitrogen and oxygen atoms in total. The molecule has 0 radical (unpaired) electrons. The average molecular weight is 371 g/mol. The van der Waals surface area contributed by atoms with Gasteiger partial charge in [-0.2, -0.15) is 0 Å². The number of tetrazole rings is 1. The molecule has 0 aliphatic carbocycles. The van der Waals surface area contributed by atoms with Crippen LogP contribution in [0.3, 0.4) is 0 Å². The fourth-order valence-corrected chi connectivity index (χ4v) is 2.62. The van der Waals surface area contributed by atoms with Gasteiger partial charge in [0.25, 0.3) is 5.91 Å². The van der Waals surface area contributed by atoms with Gasteiger partial charge < -0.3 is 10.1 Å². The van der Waals surface area contributed by atoms with Gasteiger partial charge >= 0.3 is 0 Å². The molecule has 4 aromatic rings. The predicted octanol–water partition coefficient (Wildman–Crippen LogP) is 3.49. The van der Waals surface area contributed by atoms with Crippen molar-refractivity contribution in [2.45, 2.75) is 6.61 Å². The highest BCUT2D eigenvalue weighted by Gasteiger charge is 2.07. The number of nitrogens with zero attached hydrogens (tertiary/aromatic N) is 4. The summed E-state index contributed by atoms with van der Waals surface area (Å²) in [7, 11) is 0. The molecule has 0 atom stereocenters. The number of amides is 1. The van der Waals surface area contributed by atoms with E-state index in [2.05, 4.69) is 20.8 Å². The summed E-state index contributed by atoms with van der Waals surface area (Å²) in [6, 6.07) is 24.3. The van der Waals surface area contributed by atoms with Crippen LogP contribution in [0.25, 0.3) is 5.69 Å². The van der Waals surface area contributed by atoms with Crippen molar-refractivity contribution >= 4 is 11.6 Å². The molecule has 1 N–H and O–H groups in total. The minimum absolute atomic E-state index is 0.193. The number of nitrogens with one attached hydrogen (secondary N) is 1. The second kappa shape index (κ2) is 8.13. The minimum atomic E-state index is -0.193. The van der Waals surface area contributed by atoms with E-state index in [1.165, 1.54) is 11.0 Å². The van der Waals surface area contributed by atoms with E-state index in [4.69, 9.17) is 4.74 Å². The van der Waals surface area contributed by atoms with E-state index in [0.717, 1.165) is 17.0 Å². The molecule has 4 rings (SSSR count). The number of rotatable bonds is 6. The molecule has 1 heterocycles. The van der Waals surface area contributed by atoms with Crippen LogP contribution in [0, 0.1) is 0 Å². The maximum Gasteiger partial charge on any atom is 0.255 e. The van der Waals surface area contributed by atoms with E-state index < -0.39 is 0 Å². The standard InChI is InChI=1S/C21H17N5O2/c27-21(17-6-10-19(11-7-17)26-15-22-24-25-26)23-18-8-12-20(13-9-18)28-14-16-4-2-1-3-5-16/h1-13,15H,14H2,(H,23,27). The summed E-state index contributed by atoms with van der Waals surface area (Å²) < 4.78 is 7.28. The lowest BCUT2D eigenvalue weighted by atomic mass is 10.2. The highest BCUT2D eigenvalue weighted by molar-refractivity contribution is 6.04. The van der Waals surface area contributed by atoms with Gasteiger partial charge in [0, 0.05) is 11.3 Å². The molecule has 0 spiro atoms. The molecule has 0 saturated carbocycles. The van der Waals surface area contributed by atoms with Gasteiger partial charge in [0.15, 0.2) is 0 Å². The van der Waals surface area contributed by atoms with Crippen LogP contribution < -0.4 is 10.1 Å². The molecule has 3 aromatic carbocycles. The lowest BCUT2D eigenvalue weighted by molar-refractivity contribution is 0.102. The summed E-state index contributed by atoms with van der Waals surface area (Å²) >= 11 is 0. The smallest absolute Gasteiger partial charge is 0.255 e. The van der Waals surface area contributed by atoms with Crippen molar-refractivity contribution in [1.29, 1.82) is 0 Å². The maximum absolute atomic E-state index is 12.4. The van der Waals surface area contributed by atoms with E-state index in [1.54, 1.807) is 24.3 Å². The van der Waals surface area contributed by atoms with E-state index >= 15 is 0 Å². The molecular weight excluding hydrogens is 354 g/mol. The normalized spacial score (nSPS) is 10.4. The predicted molar refractivity (Wildman–Crippen MR) is 104 cm³/mol. The van der Waals surface area contributed by atoms with Crippen LogP contribution >= 0.6 is 0 Å². The molecular formula is C21H17N5O2. The SMILES string of the molecule is O=C(Nc1ccc(OCc2ccccc2)cc1)c1ccc(-n2cnnn2)cc1. The highest BCUT2D eigenvalue weighted by Crippen LogP contribution is 2.18. The third-order valence-corrected chi connectivity index (χ3v) is 4.10. The summed E-state index contributed by atoms with van der Waals surface area (Å²) in [6.07, 6.45) is 1.50. The number of anilines is 1. The van der Waals surface area contributed by atoms with E-state index in [0.29, 0.717) is 17.9 Å². The molecule has 1 aromatic heterocycles. The summed E-state index contributed by atoms with van der Waals surface area (Å²) in [5, 5.41) is 13.9. The molecule has 0 fully saturated rings. The van der Waals surface area contributed by atoms with Crippen molar-refractivity contribution in [2.24, 2.45) is 0 Å². The van der Waals surface area contributed by atoms with E-state index in [9.17, 15) is 4.79 Å². The van der Waals surface area contributed by atoms with Gasteiger partial charge in [-0.1, -0.05) is 30.3 Å². The number of hydrogen-bond donors (Lipinski definition) is 1. The highest BCUT2D eigenvalue weighted by atomic mass is 16.5. The van der Waals surface area contributed by atoms with E-state index in [1.807, 2.05) is 54.6 Å². The van der Waals surface area contributed by atoms with Crippen LogP contribution in [0.2, 0.25) is 0 Å². The molecule has 0 saturated heterocycles. The molecule has 1 amide bonds. The number of ether oxygens (including phenoxy) is 1. The number of carbonyl (C=O) groups excluding carboxylic acids is 1. The van der Waals surface area contributed by atoms with E-state index in [-0.39, 0.29) is 5.91 Å². The van der Waals surface area contributed by atoms with Gasteiger partial charge in [-0.15, -0.1) is 5.10 Å². The lowest BCUT2D eigenvalue weighted by Gasteiger charge is -2.09. The Bertz CT molecular complexity index is 1030. The first-order valence-corrected chi connectivity index (χ1v) is 8.69. The summed E-state index contributed by atoms with van der Waals surface area (Å²) in [5.74, 6) is 0.550. The van der Waals surface area contributed by atoms with Crippen LogP contribution in [-0.2, 0) is 6.61 Å². The zero-order chi connectivity index (χ0) is 19.2. The fourth-order valence-electron chi connectivity index (χ4n) is 2.62. The van der Waals surface area contributed by atoms with Crippen LogP contribution in [0.1, 0.15) is 15.9 Å². The minimum Gasteiger partial charge on any atom is -0.489 e. The first kappa shape index (κ1) is 17.4. The Labute approximate surface area is 161 Å². The van der Waals surface area contributed by atoms with Crippen molar-refractivity contribution in [3.8, 4) is 11.4 Å². The van der Waals surface area contributed by atoms with Gasteiger partial charge in [-0.3, -0.25) is 4.79 Å². The Hall–Kier alpha value is -4.00. The van der Waals surface area contributed by atoms with Crippen molar-refractivity contribution in [3.05, 3.63) is 96.3 Å². The molecule has 28 heavy (non-hydrogen) atoms. The van der Waals surface area contributed by atoms with Crippen molar-refractivity contribution < 1.29 is 9.53 Å². The van der Waals surface area contributed by atoms with Crippen LogP contribution in [-0.4, -0.2) is 26.1 Å². The Kier molecular flexibility index (Phi) is 5.06. The number of carbonyl (C=O) groups is 1. The maximum atomic E-state index is 12.4. The Balaban J connectivity index is 1.35. The molecule has 0 aliphatic rings. The molecule has 7 heteroatoms. The molecule has 0 unspecified atom stereocenters. The summed E-state index contributed by atoms with van der Waals surface area (Å²) in [6.45, 7) is 0.500. The second-order valence-corrected chi connectivity index (χ2v) is 6.05. The Morgan fingerprint density at radius 2 is 1.68 bits per heavy atom. The van der Waals surface area contributed by atoms with Gasteiger partial charge in [-0.25, -0.2) is 4.68 Å². The van der Waals surface area contributed by atoms with Crippen LogP contribution in [0.5, 0.6) is 5.75 Å². The third-order valence-electron chi connectivity index (χ3n) is 4.10. The zero-order valence-corrected chi connectivity index (χ0v) is 14.9. The first-order chi connectivity index (χ1) is 13.8. The average Bonchev–Trinajstić information content (AvgIpc) is 3.29. The van der Waals surface area contributed by atoms with Crippen LogP contribution in [0.15, 0.2) is 85.2 Å². The largest absolute Gasteiger partial charge is 0.489 e. The zero-order valence-electron chi connectivity index (χ0n) is 14.9. The monoisotopic (exact) mass is 371 g/mol. The number of benzene rings is 3. The molecule has 0 aliphatic heterocycles. The van der Waals surface area contributed by atoms with Gasteiger partial charge in [-0.05, 0) is 64.5 Å². The van der Waals surface area contributed by atoms with Gasteiger partial charge in [0.1, 0.15) is 18.7 Å². The topological polar surface area (TPSA) is 81.9 Å². The summed E-state index contributed by atoms with van der Waals surface area (Å²) in [4.78, 5) is 12.4. The van der Waals surface area contributed by atoms with Gasteiger partial charge in [0.2, 0.25) is 0 Å². The lowest BCUT2D eigenvalue weighted by Crippen LogP contribution is -2.12. The molecule has 0 bridgehead atoms. The Morgan fingerprint density at radius 1 is 0.929 bits per heavy atom. The molecule has 138 valence electrons. The first-order valence-electron chi connectivity index (χ1n) is 8.69.